The summed E-state index contributed by atoms with van der Waals surface area (Å²) in [4.78, 5) is 24.9. The number of Topliss-reactive ketones (excluding diaryl/α,β-unsaturated/α-hetero) is 1. The lowest BCUT2D eigenvalue weighted by Crippen LogP contribution is -2.11. The molecule has 0 atom stereocenters. The Labute approximate surface area is 173 Å². The van der Waals surface area contributed by atoms with E-state index in [0.717, 1.165) is 6.07 Å². The number of benzene rings is 3. The largest absolute Gasteiger partial charge is 0.497 e. The normalized spacial score (nSPS) is 10.8. The lowest BCUT2D eigenvalue weighted by molar-refractivity contribution is 0.102. The van der Waals surface area contributed by atoms with Crippen molar-refractivity contribution in [3.8, 4) is 11.8 Å². The quantitative estimate of drug-likeness (QED) is 0.363. The van der Waals surface area contributed by atoms with Crippen molar-refractivity contribution >= 4 is 23.5 Å². The number of nitrogens with one attached hydrogen (secondary N) is 1. The number of hydrogen-bond acceptors (Lipinski definition) is 4. The van der Waals surface area contributed by atoms with Gasteiger partial charge in [0.15, 0.2) is 0 Å². The lowest BCUT2D eigenvalue weighted by Gasteiger charge is -2.07. The number of nitriles is 1. The SMILES string of the molecule is COc1ccc(C(=O)Nc2cccc(/C=C(\C#N)C(=O)c3ccccc3F)c2)cc1. The number of halogens is 1. The van der Waals surface area contributed by atoms with Gasteiger partial charge in [-0.15, -0.1) is 0 Å². The number of rotatable bonds is 6. The number of carbonyl (C=O) groups is 2. The highest BCUT2D eigenvalue weighted by molar-refractivity contribution is 6.14. The first-order valence-corrected chi connectivity index (χ1v) is 8.98. The van der Waals surface area contributed by atoms with Crippen LogP contribution in [0.5, 0.6) is 5.75 Å². The molecule has 0 aliphatic carbocycles. The van der Waals surface area contributed by atoms with Crippen LogP contribution in [0.1, 0.15) is 26.3 Å². The third-order valence-electron chi connectivity index (χ3n) is 4.29. The molecule has 30 heavy (non-hydrogen) atoms. The maximum atomic E-state index is 13.9. The highest BCUT2D eigenvalue weighted by Gasteiger charge is 2.16. The molecular weight excluding hydrogens is 383 g/mol. The minimum Gasteiger partial charge on any atom is -0.497 e. The second-order valence-electron chi connectivity index (χ2n) is 6.29. The van der Waals surface area contributed by atoms with Gasteiger partial charge in [0.05, 0.1) is 12.7 Å². The molecule has 0 aromatic heterocycles. The molecule has 3 rings (SSSR count). The number of carbonyl (C=O) groups excluding carboxylic acids is 2. The Bertz CT molecular complexity index is 1160. The molecule has 0 saturated heterocycles. The Morgan fingerprint density at radius 3 is 2.43 bits per heavy atom. The van der Waals surface area contributed by atoms with Crippen LogP contribution in [-0.2, 0) is 0 Å². The summed E-state index contributed by atoms with van der Waals surface area (Å²) in [5.74, 6) is -1.07. The second kappa shape index (κ2) is 9.30. The first-order valence-electron chi connectivity index (χ1n) is 8.98. The molecule has 6 heteroatoms. The third kappa shape index (κ3) is 4.78. The summed E-state index contributed by atoms with van der Waals surface area (Å²) in [6, 6.07) is 20.6. The van der Waals surface area contributed by atoms with Gasteiger partial charge in [-0.25, -0.2) is 4.39 Å². The molecule has 3 aromatic rings. The fourth-order valence-electron chi connectivity index (χ4n) is 2.76. The van der Waals surface area contributed by atoms with E-state index in [0.29, 0.717) is 22.6 Å². The topological polar surface area (TPSA) is 79.2 Å². The van der Waals surface area contributed by atoms with Crippen LogP contribution in [0.2, 0.25) is 0 Å². The van der Waals surface area contributed by atoms with Gasteiger partial charge in [-0.05, 0) is 60.2 Å². The Hall–Kier alpha value is -4.24. The Kier molecular flexibility index (Phi) is 6.36. The van der Waals surface area contributed by atoms with Crippen LogP contribution in [0.4, 0.5) is 10.1 Å². The lowest BCUT2D eigenvalue weighted by atomic mass is 10.0. The number of ether oxygens (including phenoxy) is 1. The predicted molar refractivity (Wildman–Crippen MR) is 112 cm³/mol. The molecule has 0 aliphatic rings. The van der Waals surface area contributed by atoms with Gasteiger partial charge in [0.2, 0.25) is 5.78 Å². The molecule has 0 aliphatic heterocycles. The number of ketones is 1. The van der Waals surface area contributed by atoms with Crippen molar-refractivity contribution in [1.29, 1.82) is 5.26 Å². The summed E-state index contributed by atoms with van der Waals surface area (Å²) < 4.78 is 19.0. The van der Waals surface area contributed by atoms with Gasteiger partial charge in [-0.1, -0.05) is 24.3 Å². The minimum absolute atomic E-state index is 0.172. The number of methoxy groups -OCH3 is 1. The van der Waals surface area contributed by atoms with Crippen LogP contribution >= 0.6 is 0 Å². The molecule has 3 aromatic carbocycles. The molecule has 0 spiro atoms. The van der Waals surface area contributed by atoms with Crippen molar-refractivity contribution in [1.82, 2.24) is 0 Å². The van der Waals surface area contributed by atoms with Gasteiger partial charge in [-0.3, -0.25) is 9.59 Å². The maximum Gasteiger partial charge on any atom is 0.255 e. The fourth-order valence-corrected chi connectivity index (χ4v) is 2.76. The van der Waals surface area contributed by atoms with Gasteiger partial charge < -0.3 is 10.1 Å². The van der Waals surface area contributed by atoms with Gasteiger partial charge in [-0.2, -0.15) is 5.26 Å². The highest BCUT2D eigenvalue weighted by Crippen LogP contribution is 2.19. The van der Waals surface area contributed by atoms with E-state index in [1.807, 2.05) is 6.07 Å². The van der Waals surface area contributed by atoms with Crippen molar-refractivity contribution in [2.45, 2.75) is 0 Å². The van der Waals surface area contributed by atoms with Crippen molar-refractivity contribution in [2.24, 2.45) is 0 Å². The molecule has 0 saturated carbocycles. The van der Waals surface area contributed by atoms with Crippen molar-refractivity contribution < 1.29 is 18.7 Å². The van der Waals surface area contributed by atoms with Crippen LogP contribution < -0.4 is 10.1 Å². The first-order chi connectivity index (χ1) is 14.5. The van der Waals surface area contributed by atoms with Gasteiger partial charge in [0.25, 0.3) is 5.91 Å². The van der Waals surface area contributed by atoms with Crippen LogP contribution in [0.3, 0.4) is 0 Å². The zero-order valence-electron chi connectivity index (χ0n) is 16.1. The summed E-state index contributed by atoms with van der Waals surface area (Å²) in [5, 5.41) is 12.1. The van der Waals surface area contributed by atoms with E-state index < -0.39 is 11.6 Å². The number of amides is 1. The van der Waals surface area contributed by atoms with Gasteiger partial charge in [0.1, 0.15) is 23.2 Å². The van der Waals surface area contributed by atoms with Crippen LogP contribution in [0.25, 0.3) is 6.08 Å². The first kappa shape index (κ1) is 20.5. The predicted octanol–water partition coefficient (Wildman–Crippen LogP) is 4.88. The Morgan fingerprint density at radius 2 is 1.77 bits per heavy atom. The second-order valence-corrected chi connectivity index (χ2v) is 6.29. The zero-order chi connectivity index (χ0) is 21.5. The Morgan fingerprint density at radius 1 is 1.03 bits per heavy atom. The molecule has 148 valence electrons. The van der Waals surface area contributed by atoms with E-state index in [4.69, 9.17) is 4.74 Å². The Balaban J connectivity index is 1.81. The fraction of sp³-hybridized carbons (Fsp3) is 0.0417. The van der Waals surface area contributed by atoms with E-state index in [1.54, 1.807) is 55.6 Å². The average Bonchev–Trinajstić information content (AvgIpc) is 2.77. The summed E-state index contributed by atoms with van der Waals surface area (Å²) in [6.07, 6.45) is 1.36. The summed E-state index contributed by atoms with van der Waals surface area (Å²) in [7, 11) is 1.54. The smallest absolute Gasteiger partial charge is 0.255 e. The molecule has 0 bridgehead atoms. The molecule has 0 radical (unpaired) electrons. The van der Waals surface area contributed by atoms with Crippen LogP contribution in [-0.4, -0.2) is 18.8 Å². The van der Waals surface area contributed by atoms with Crippen molar-refractivity contribution in [3.05, 3.63) is 101 Å². The van der Waals surface area contributed by atoms with E-state index in [9.17, 15) is 19.2 Å². The van der Waals surface area contributed by atoms with E-state index in [2.05, 4.69) is 5.32 Å². The van der Waals surface area contributed by atoms with Crippen molar-refractivity contribution in [3.63, 3.8) is 0 Å². The number of allylic oxidation sites excluding steroid dienone is 1. The van der Waals surface area contributed by atoms with Crippen LogP contribution in [0, 0.1) is 17.1 Å². The average molecular weight is 400 g/mol. The summed E-state index contributed by atoms with van der Waals surface area (Å²) in [5.41, 5.74) is 1.07. The van der Waals surface area contributed by atoms with Crippen molar-refractivity contribution in [2.75, 3.05) is 12.4 Å². The van der Waals surface area contributed by atoms with Gasteiger partial charge >= 0.3 is 0 Å². The molecule has 0 heterocycles. The van der Waals surface area contributed by atoms with E-state index in [1.165, 1.54) is 24.3 Å². The third-order valence-corrected chi connectivity index (χ3v) is 4.29. The van der Waals surface area contributed by atoms with E-state index in [-0.39, 0.29) is 17.0 Å². The number of anilines is 1. The highest BCUT2D eigenvalue weighted by atomic mass is 19.1. The van der Waals surface area contributed by atoms with Crippen LogP contribution in [0.15, 0.2) is 78.4 Å². The molecule has 5 nitrogen and oxygen atoms in total. The molecule has 1 N–H and O–H groups in total. The monoisotopic (exact) mass is 400 g/mol. The standard InChI is InChI=1S/C24H17FN2O3/c1-30-20-11-9-17(10-12-20)24(29)27-19-6-4-5-16(14-19)13-18(15-26)23(28)21-7-2-3-8-22(21)25/h2-14H,1H3,(H,27,29)/b18-13+. The molecule has 0 unspecified atom stereocenters. The minimum atomic E-state index is -0.705. The molecule has 1 amide bonds. The summed E-state index contributed by atoms with van der Waals surface area (Å²) >= 11 is 0. The molecular formula is C24H17FN2O3. The number of nitrogens with zero attached hydrogens (tertiary/aromatic N) is 1. The maximum absolute atomic E-state index is 13.9. The molecule has 0 fully saturated rings. The van der Waals surface area contributed by atoms with E-state index >= 15 is 0 Å². The number of hydrogen-bond donors (Lipinski definition) is 1. The van der Waals surface area contributed by atoms with Gasteiger partial charge in [0, 0.05) is 11.3 Å². The summed E-state index contributed by atoms with van der Waals surface area (Å²) in [6.45, 7) is 0. The zero-order valence-corrected chi connectivity index (χ0v) is 16.1.